The van der Waals surface area contributed by atoms with Gasteiger partial charge in [-0.2, -0.15) is 0 Å². The fourth-order valence-corrected chi connectivity index (χ4v) is 1.63. The zero-order valence-electron chi connectivity index (χ0n) is 10.1. The first-order chi connectivity index (χ1) is 8.16. The molecular weight excluding hydrogens is 216 g/mol. The van der Waals surface area contributed by atoms with Gasteiger partial charge >= 0.3 is 0 Å². The Morgan fingerprint density at radius 2 is 2.24 bits per heavy atom. The van der Waals surface area contributed by atoms with E-state index >= 15 is 0 Å². The summed E-state index contributed by atoms with van der Waals surface area (Å²) >= 11 is 0. The van der Waals surface area contributed by atoms with Crippen molar-refractivity contribution in [1.82, 2.24) is 19.9 Å². The molecule has 0 aliphatic carbocycles. The second-order valence-electron chi connectivity index (χ2n) is 4.42. The van der Waals surface area contributed by atoms with Gasteiger partial charge in [-0.05, 0) is 18.1 Å². The van der Waals surface area contributed by atoms with Gasteiger partial charge in [0, 0.05) is 12.6 Å². The lowest BCUT2D eigenvalue weighted by molar-refractivity contribution is -0.122. The summed E-state index contributed by atoms with van der Waals surface area (Å²) in [5, 5.41) is 10.9. The molecule has 5 heteroatoms. The topological polar surface area (TPSA) is 59.3 Å². The quantitative estimate of drug-likeness (QED) is 0.866. The maximum atomic E-state index is 11.5. The monoisotopic (exact) mass is 232 g/mol. The highest BCUT2D eigenvalue weighted by molar-refractivity contribution is 5.75. The summed E-state index contributed by atoms with van der Waals surface area (Å²) < 4.78 is 1.87. The molecule has 0 saturated heterocycles. The molecule has 2 aromatic heterocycles. The van der Waals surface area contributed by atoms with Crippen LogP contribution >= 0.6 is 0 Å². The van der Waals surface area contributed by atoms with Crippen molar-refractivity contribution in [2.24, 2.45) is 5.92 Å². The van der Waals surface area contributed by atoms with Crippen LogP contribution in [0.2, 0.25) is 0 Å². The summed E-state index contributed by atoms with van der Waals surface area (Å²) in [5.41, 5.74) is 0.792. The smallest absolute Gasteiger partial charge is 0.220 e. The molecular formula is C12H16N4O. The van der Waals surface area contributed by atoms with Crippen LogP contribution in [0, 0.1) is 5.92 Å². The molecule has 0 bridgehead atoms. The van der Waals surface area contributed by atoms with Gasteiger partial charge in [-0.15, -0.1) is 10.2 Å². The zero-order valence-corrected chi connectivity index (χ0v) is 10.1. The average Bonchev–Trinajstić information content (AvgIpc) is 2.69. The molecule has 0 aromatic carbocycles. The van der Waals surface area contributed by atoms with E-state index in [-0.39, 0.29) is 5.91 Å². The van der Waals surface area contributed by atoms with Crippen LogP contribution in [0.3, 0.4) is 0 Å². The Bertz CT molecular complexity index is 518. The molecule has 0 aliphatic heterocycles. The fourth-order valence-electron chi connectivity index (χ4n) is 1.63. The first-order valence-electron chi connectivity index (χ1n) is 5.72. The summed E-state index contributed by atoms with van der Waals surface area (Å²) in [5.74, 6) is 1.16. The minimum absolute atomic E-state index is 0.0488. The van der Waals surface area contributed by atoms with Gasteiger partial charge in [-0.3, -0.25) is 9.20 Å². The Hall–Kier alpha value is -1.91. The van der Waals surface area contributed by atoms with Crippen molar-refractivity contribution in [2.75, 3.05) is 0 Å². The number of amides is 1. The maximum Gasteiger partial charge on any atom is 0.220 e. The van der Waals surface area contributed by atoms with Crippen molar-refractivity contribution in [1.29, 1.82) is 0 Å². The summed E-state index contributed by atoms with van der Waals surface area (Å²) in [6.07, 6.45) is 2.43. The molecule has 2 aromatic rings. The highest BCUT2D eigenvalue weighted by atomic mass is 16.1. The van der Waals surface area contributed by atoms with Gasteiger partial charge in [-0.25, -0.2) is 0 Å². The molecule has 0 saturated carbocycles. The van der Waals surface area contributed by atoms with Crippen LogP contribution in [0.25, 0.3) is 5.65 Å². The number of nitrogens with one attached hydrogen (secondary N) is 1. The summed E-state index contributed by atoms with van der Waals surface area (Å²) in [6, 6.07) is 5.70. The van der Waals surface area contributed by atoms with Crippen LogP contribution in [-0.4, -0.2) is 20.5 Å². The van der Waals surface area contributed by atoms with Gasteiger partial charge in [0.1, 0.15) is 0 Å². The summed E-state index contributed by atoms with van der Waals surface area (Å²) in [6.45, 7) is 4.45. The molecule has 1 amide bonds. The lowest BCUT2D eigenvalue weighted by Crippen LogP contribution is -2.25. The standard InChI is InChI=1S/C12H16N4O/c1-9(2)7-12(17)13-8-11-15-14-10-5-3-4-6-16(10)11/h3-6,9H,7-8H2,1-2H3,(H,13,17). The van der Waals surface area contributed by atoms with Crippen molar-refractivity contribution in [3.05, 3.63) is 30.2 Å². The average molecular weight is 232 g/mol. The van der Waals surface area contributed by atoms with E-state index in [0.717, 1.165) is 11.5 Å². The van der Waals surface area contributed by atoms with E-state index in [2.05, 4.69) is 15.5 Å². The molecule has 90 valence electrons. The van der Waals surface area contributed by atoms with E-state index in [1.54, 1.807) is 0 Å². The highest BCUT2D eigenvalue weighted by Gasteiger charge is 2.07. The molecule has 0 fully saturated rings. The van der Waals surface area contributed by atoms with Crippen LogP contribution in [0.1, 0.15) is 26.1 Å². The van der Waals surface area contributed by atoms with E-state index in [0.29, 0.717) is 18.9 Å². The third-order valence-corrected chi connectivity index (χ3v) is 2.42. The van der Waals surface area contributed by atoms with E-state index in [1.807, 2.05) is 42.6 Å². The third-order valence-electron chi connectivity index (χ3n) is 2.42. The predicted molar refractivity (Wildman–Crippen MR) is 64.3 cm³/mol. The lowest BCUT2D eigenvalue weighted by atomic mass is 10.1. The van der Waals surface area contributed by atoms with Crippen molar-refractivity contribution in [3.8, 4) is 0 Å². The molecule has 0 spiro atoms. The van der Waals surface area contributed by atoms with Crippen molar-refractivity contribution in [2.45, 2.75) is 26.8 Å². The number of nitrogens with zero attached hydrogens (tertiary/aromatic N) is 3. The van der Waals surface area contributed by atoms with Crippen molar-refractivity contribution >= 4 is 11.6 Å². The Balaban J connectivity index is 2.02. The van der Waals surface area contributed by atoms with Crippen LogP contribution in [0.15, 0.2) is 24.4 Å². The second kappa shape index (κ2) is 4.95. The molecule has 0 unspecified atom stereocenters. The lowest BCUT2D eigenvalue weighted by Gasteiger charge is -2.05. The fraction of sp³-hybridized carbons (Fsp3) is 0.417. The Kier molecular flexibility index (Phi) is 3.37. The first kappa shape index (κ1) is 11.6. The SMILES string of the molecule is CC(C)CC(=O)NCc1nnc2ccccn12. The third kappa shape index (κ3) is 2.81. The molecule has 0 atom stereocenters. The molecule has 17 heavy (non-hydrogen) atoms. The van der Waals surface area contributed by atoms with Crippen LogP contribution in [-0.2, 0) is 11.3 Å². The number of carbonyl (C=O) groups excluding carboxylic acids is 1. The zero-order chi connectivity index (χ0) is 12.3. The van der Waals surface area contributed by atoms with Gasteiger partial charge < -0.3 is 5.32 Å². The number of rotatable bonds is 4. The summed E-state index contributed by atoms with van der Waals surface area (Å²) in [4.78, 5) is 11.5. The number of fused-ring (bicyclic) bond motifs is 1. The molecule has 0 aliphatic rings. The number of carbonyl (C=O) groups is 1. The van der Waals surface area contributed by atoms with E-state index in [9.17, 15) is 4.79 Å². The summed E-state index contributed by atoms with van der Waals surface area (Å²) in [7, 11) is 0. The van der Waals surface area contributed by atoms with Gasteiger partial charge in [0.15, 0.2) is 11.5 Å². The number of aromatic nitrogens is 3. The van der Waals surface area contributed by atoms with Gasteiger partial charge in [0.2, 0.25) is 5.91 Å². The van der Waals surface area contributed by atoms with E-state index in [1.165, 1.54) is 0 Å². The van der Waals surface area contributed by atoms with Crippen molar-refractivity contribution in [3.63, 3.8) is 0 Å². The first-order valence-corrected chi connectivity index (χ1v) is 5.72. The largest absolute Gasteiger partial charge is 0.349 e. The maximum absolute atomic E-state index is 11.5. The molecule has 2 rings (SSSR count). The van der Waals surface area contributed by atoms with Gasteiger partial charge in [0.05, 0.1) is 6.54 Å². The number of pyridine rings is 1. The minimum Gasteiger partial charge on any atom is -0.349 e. The Morgan fingerprint density at radius 1 is 1.41 bits per heavy atom. The van der Waals surface area contributed by atoms with Crippen molar-refractivity contribution < 1.29 is 4.79 Å². The second-order valence-corrected chi connectivity index (χ2v) is 4.42. The van der Waals surface area contributed by atoms with E-state index < -0.39 is 0 Å². The molecule has 0 radical (unpaired) electrons. The number of hydrogen-bond acceptors (Lipinski definition) is 3. The van der Waals surface area contributed by atoms with E-state index in [4.69, 9.17) is 0 Å². The Morgan fingerprint density at radius 3 is 3.00 bits per heavy atom. The number of hydrogen-bond donors (Lipinski definition) is 1. The molecule has 5 nitrogen and oxygen atoms in total. The predicted octanol–water partition coefficient (Wildman–Crippen LogP) is 1.39. The Labute approximate surface area is 99.9 Å². The van der Waals surface area contributed by atoms with Gasteiger partial charge in [0.25, 0.3) is 0 Å². The minimum atomic E-state index is 0.0488. The molecule has 1 N–H and O–H groups in total. The van der Waals surface area contributed by atoms with Crippen LogP contribution in [0.4, 0.5) is 0 Å². The van der Waals surface area contributed by atoms with Crippen LogP contribution < -0.4 is 5.32 Å². The van der Waals surface area contributed by atoms with Gasteiger partial charge in [-0.1, -0.05) is 19.9 Å². The normalized spacial score (nSPS) is 11.0. The van der Waals surface area contributed by atoms with Crippen LogP contribution in [0.5, 0.6) is 0 Å². The highest BCUT2D eigenvalue weighted by Crippen LogP contribution is 2.03. The molecule has 2 heterocycles.